The monoisotopic (exact) mass is 341 g/mol. The third-order valence-corrected chi connectivity index (χ3v) is 3.90. The van der Waals surface area contributed by atoms with E-state index in [1.165, 1.54) is 7.11 Å². The Kier molecular flexibility index (Phi) is 7.16. The zero-order valence-corrected chi connectivity index (χ0v) is 14.3. The lowest BCUT2D eigenvalue weighted by atomic mass is 10.0. The highest BCUT2D eigenvalue weighted by atomic mass is 16.5. The number of amides is 1. The first kappa shape index (κ1) is 18.7. The minimum absolute atomic E-state index is 0.129. The second kappa shape index (κ2) is 9.59. The molecule has 0 bridgehead atoms. The van der Waals surface area contributed by atoms with Crippen LogP contribution < -0.4 is 5.32 Å². The van der Waals surface area contributed by atoms with Gasteiger partial charge in [0.15, 0.2) is 0 Å². The highest BCUT2D eigenvalue weighted by Gasteiger charge is 2.11. The lowest BCUT2D eigenvalue weighted by molar-refractivity contribution is -0.140. The minimum Gasteiger partial charge on any atom is -0.469 e. The fourth-order valence-electron chi connectivity index (χ4n) is 2.54. The van der Waals surface area contributed by atoms with Crippen LogP contribution in [0, 0.1) is 0 Å². The minimum atomic E-state index is -0.280. The molecule has 5 heteroatoms. The molecule has 2 aromatic rings. The Morgan fingerprint density at radius 1 is 1.08 bits per heavy atom. The van der Waals surface area contributed by atoms with E-state index in [2.05, 4.69) is 10.1 Å². The molecule has 2 rings (SSSR count). The van der Waals surface area contributed by atoms with Gasteiger partial charge in [-0.25, -0.2) is 0 Å². The van der Waals surface area contributed by atoms with Crippen molar-refractivity contribution in [3.05, 3.63) is 65.2 Å². The number of aliphatic hydroxyl groups is 1. The summed E-state index contributed by atoms with van der Waals surface area (Å²) in [6.07, 6.45) is 2.16. The molecule has 132 valence electrons. The molecule has 5 nitrogen and oxygen atoms in total. The van der Waals surface area contributed by atoms with Crippen molar-refractivity contribution in [2.75, 3.05) is 19.0 Å². The Morgan fingerprint density at radius 3 is 2.64 bits per heavy atom. The second-order valence-corrected chi connectivity index (χ2v) is 5.71. The highest BCUT2D eigenvalue weighted by molar-refractivity contribution is 6.04. The molecule has 0 aromatic heterocycles. The fourth-order valence-corrected chi connectivity index (χ4v) is 2.54. The average Bonchev–Trinajstić information content (AvgIpc) is 2.65. The van der Waals surface area contributed by atoms with Crippen molar-refractivity contribution in [2.24, 2.45) is 0 Å². The van der Waals surface area contributed by atoms with Crippen LogP contribution in [-0.4, -0.2) is 30.7 Å². The Balaban J connectivity index is 2.09. The van der Waals surface area contributed by atoms with Gasteiger partial charge >= 0.3 is 5.97 Å². The van der Waals surface area contributed by atoms with E-state index in [0.717, 1.165) is 17.5 Å². The summed E-state index contributed by atoms with van der Waals surface area (Å²) in [5, 5.41) is 11.8. The van der Waals surface area contributed by atoms with Crippen LogP contribution in [0.3, 0.4) is 0 Å². The summed E-state index contributed by atoms with van der Waals surface area (Å²) in [5.74, 6) is -0.478. The topological polar surface area (TPSA) is 75.6 Å². The Bertz CT molecular complexity index is 727. The van der Waals surface area contributed by atoms with E-state index in [4.69, 9.17) is 5.11 Å². The van der Waals surface area contributed by atoms with Gasteiger partial charge < -0.3 is 15.2 Å². The molecule has 0 saturated carbocycles. The number of esters is 1. The number of hydrogen-bond donors (Lipinski definition) is 2. The predicted molar refractivity (Wildman–Crippen MR) is 96.6 cm³/mol. The number of rotatable bonds is 8. The van der Waals surface area contributed by atoms with Crippen LogP contribution in [-0.2, 0) is 22.4 Å². The summed E-state index contributed by atoms with van der Waals surface area (Å²) >= 11 is 0. The number of aliphatic hydroxyl groups excluding tert-OH is 1. The molecular formula is C20H23NO4. The van der Waals surface area contributed by atoms with Crippen molar-refractivity contribution >= 4 is 17.6 Å². The summed E-state index contributed by atoms with van der Waals surface area (Å²) in [6.45, 7) is 0.129. The Hall–Kier alpha value is -2.66. The van der Waals surface area contributed by atoms with Crippen molar-refractivity contribution in [3.63, 3.8) is 0 Å². The first-order valence-electron chi connectivity index (χ1n) is 8.30. The molecule has 1 amide bonds. The zero-order valence-electron chi connectivity index (χ0n) is 14.3. The Morgan fingerprint density at radius 2 is 1.88 bits per heavy atom. The number of methoxy groups -OCH3 is 1. The van der Waals surface area contributed by atoms with Gasteiger partial charge in [-0.05, 0) is 48.6 Å². The van der Waals surface area contributed by atoms with Crippen molar-refractivity contribution in [2.45, 2.75) is 25.7 Å². The smallest absolute Gasteiger partial charge is 0.305 e. The third-order valence-electron chi connectivity index (χ3n) is 3.90. The fraction of sp³-hybridized carbons (Fsp3) is 0.300. The van der Waals surface area contributed by atoms with Crippen molar-refractivity contribution < 1.29 is 19.4 Å². The molecule has 0 fully saturated rings. The van der Waals surface area contributed by atoms with Gasteiger partial charge in [-0.3, -0.25) is 9.59 Å². The summed E-state index contributed by atoms with van der Waals surface area (Å²) < 4.78 is 4.66. The zero-order chi connectivity index (χ0) is 18.1. The van der Waals surface area contributed by atoms with Crippen LogP contribution >= 0.6 is 0 Å². The first-order chi connectivity index (χ1) is 12.1. The quantitative estimate of drug-likeness (QED) is 0.724. The summed E-state index contributed by atoms with van der Waals surface area (Å²) in [7, 11) is 1.36. The van der Waals surface area contributed by atoms with E-state index in [1.54, 1.807) is 6.07 Å². The molecule has 0 heterocycles. The van der Waals surface area contributed by atoms with E-state index < -0.39 is 0 Å². The molecule has 0 aliphatic carbocycles. The van der Waals surface area contributed by atoms with Crippen LogP contribution in [0.2, 0.25) is 0 Å². The number of benzene rings is 2. The lowest BCUT2D eigenvalue weighted by Crippen LogP contribution is -2.14. The number of carbonyl (C=O) groups is 2. The Labute approximate surface area is 147 Å². The van der Waals surface area contributed by atoms with E-state index in [-0.39, 0.29) is 24.9 Å². The number of hydrogen-bond acceptors (Lipinski definition) is 4. The average molecular weight is 341 g/mol. The van der Waals surface area contributed by atoms with Gasteiger partial charge in [0.05, 0.1) is 7.11 Å². The number of carbonyl (C=O) groups excluding carboxylic acids is 2. The van der Waals surface area contributed by atoms with Crippen LogP contribution in [0.1, 0.15) is 34.3 Å². The van der Waals surface area contributed by atoms with Crippen LogP contribution in [0.15, 0.2) is 48.5 Å². The van der Waals surface area contributed by atoms with Gasteiger partial charge in [0, 0.05) is 24.3 Å². The molecule has 0 radical (unpaired) electrons. The molecule has 0 aliphatic rings. The molecule has 0 saturated heterocycles. The van der Waals surface area contributed by atoms with Gasteiger partial charge in [-0.1, -0.05) is 30.3 Å². The van der Waals surface area contributed by atoms with Crippen molar-refractivity contribution in [1.82, 2.24) is 0 Å². The van der Waals surface area contributed by atoms with E-state index in [9.17, 15) is 9.59 Å². The maximum Gasteiger partial charge on any atom is 0.305 e. The number of ether oxygens (including phenoxy) is 1. The molecule has 0 spiro atoms. The number of aryl methyl sites for hydroxylation is 2. The van der Waals surface area contributed by atoms with E-state index in [1.807, 2.05) is 42.5 Å². The molecule has 0 unspecified atom stereocenters. The summed E-state index contributed by atoms with van der Waals surface area (Å²) in [5.41, 5.74) is 3.16. The van der Waals surface area contributed by atoms with Gasteiger partial charge in [0.2, 0.25) is 0 Å². The maximum absolute atomic E-state index is 12.5. The maximum atomic E-state index is 12.5. The molecule has 0 aliphatic heterocycles. The van der Waals surface area contributed by atoms with Crippen molar-refractivity contribution in [3.8, 4) is 0 Å². The van der Waals surface area contributed by atoms with Gasteiger partial charge in [-0.2, -0.15) is 0 Å². The van der Waals surface area contributed by atoms with E-state index in [0.29, 0.717) is 24.1 Å². The highest BCUT2D eigenvalue weighted by Crippen LogP contribution is 2.19. The van der Waals surface area contributed by atoms with Crippen LogP contribution in [0.4, 0.5) is 5.69 Å². The third kappa shape index (κ3) is 5.72. The molecular weight excluding hydrogens is 318 g/mol. The second-order valence-electron chi connectivity index (χ2n) is 5.71. The molecule has 25 heavy (non-hydrogen) atoms. The van der Waals surface area contributed by atoms with Gasteiger partial charge in [0.25, 0.3) is 5.91 Å². The molecule has 2 aromatic carbocycles. The summed E-state index contributed by atoms with van der Waals surface area (Å²) in [6, 6.07) is 14.8. The largest absolute Gasteiger partial charge is 0.469 e. The lowest BCUT2D eigenvalue weighted by Gasteiger charge is -2.11. The van der Waals surface area contributed by atoms with E-state index >= 15 is 0 Å². The normalized spacial score (nSPS) is 10.3. The van der Waals surface area contributed by atoms with Gasteiger partial charge in [-0.15, -0.1) is 0 Å². The number of nitrogens with one attached hydrogen (secondary N) is 1. The first-order valence-corrected chi connectivity index (χ1v) is 8.30. The molecule has 0 atom stereocenters. The standard InChI is InChI=1S/C20H23NO4/c1-25-19(23)12-11-16-8-2-3-10-18(16)21-20(24)17-9-4-6-15(14-17)7-5-13-22/h2-4,6,8-10,14,22H,5,7,11-13H2,1H3,(H,21,24). The SMILES string of the molecule is COC(=O)CCc1ccccc1NC(=O)c1cccc(CCCO)c1. The van der Waals surface area contributed by atoms with Gasteiger partial charge in [0.1, 0.15) is 0 Å². The van der Waals surface area contributed by atoms with Crippen LogP contribution in [0.25, 0.3) is 0 Å². The van der Waals surface area contributed by atoms with Crippen LogP contribution in [0.5, 0.6) is 0 Å². The van der Waals surface area contributed by atoms with Crippen molar-refractivity contribution in [1.29, 1.82) is 0 Å². The predicted octanol–water partition coefficient (Wildman–Crippen LogP) is 2.97. The molecule has 2 N–H and O–H groups in total. The number of para-hydroxylation sites is 1. The summed E-state index contributed by atoms with van der Waals surface area (Å²) in [4.78, 5) is 23.9. The number of anilines is 1.